The van der Waals surface area contributed by atoms with E-state index in [1.165, 1.54) is 30.7 Å². The number of nitrogens with zero attached hydrogens (tertiary/aromatic N) is 4. The fraction of sp³-hybridized carbons (Fsp3) is 0.250. The molecule has 0 aliphatic carbocycles. The first-order valence-electron chi connectivity index (χ1n) is 7.26. The fourth-order valence-electron chi connectivity index (χ4n) is 2.49. The normalized spacial score (nSPS) is 14.7. The van der Waals surface area contributed by atoms with Gasteiger partial charge in [0.2, 0.25) is 0 Å². The molecule has 23 heavy (non-hydrogen) atoms. The summed E-state index contributed by atoms with van der Waals surface area (Å²) >= 11 is 0. The van der Waals surface area contributed by atoms with Crippen LogP contribution in [-0.2, 0) is 0 Å². The summed E-state index contributed by atoms with van der Waals surface area (Å²) in [5.74, 6) is -1.10. The van der Waals surface area contributed by atoms with Gasteiger partial charge in [-0.25, -0.2) is 9.37 Å². The van der Waals surface area contributed by atoms with Gasteiger partial charge in [0.05, 0.1) is 11.8 Å². The summed E-state index contributed by atoms with van der Waals surface area (Å²) in [7, 11) is 0. The Morgan fingerprint density at radius 3 is 2.22 bits per heavy atom. The summed E-state index contributed by atoms with van der Waals surface area (Å²) in [6, 6.07) is 5.91. The molecule has 2 amide bonds. The number of aromatic nitrogens is 2. The van der Waals surface area contributed by atoms with Gasteiger partial charge in [0.25, 0.3) is 11.8 Å². The van der Waals surface area contributed by atoms with Gasteiger partial charge in [0.1, 0.15) is 11.5 Å². The average molecular weight is 314 g/mol. The van der Waals surface area contributed by atoms with E-state index in [0.717, 1.165) is 0 Å². The molecule has 1 saturated heterocycles. The quantitative estimate of drug-likeness (QED) is 0.836. The van der Waals surface area contributed by atoms with Crippen LogP contribution >= 0.6 is 0 Å². The van der Waals surface area contributed by atoms with Gasteiger partial charge in [-0.1, -0.05) is 12.1 Å². The van der Waals surface area contributed by atoms with Gasteiger partial charge < -0.3 is 9.80 Å². The highest BCUT2D eigenvalue weighted by Crippen LogP contribution is 2.13. The third-order valence-corrected chi connectivity index (χ3v) is 3.74. The van der Waals surface area contributed by atoms with E-state index in [-0.39, 0.29) is 23.1 Å². The minimum Gasteiger partial charge on any atom is -0.335 e. The molecule has 1 aromatic carbocycles. The third kappa shape index (κ3) is 3.18. The Balaban J connectivity index is 1.64. The molecule has 2 heterocycles. The Morgan fingerprint density at radius 1 is 0.957 bits per heavy atom. The van der Waals surface area contributed by atoms with Crippen molar-refractivity contribution < 1.29 is 14.0 Å². The summed E-state index contributed by atoms with van der Waals surface area (Å²) in [4.78, 5) is 35.6. The molecule has 0 N–H and O–H groups in total. The first-order valence-corrected chi connectivity index (χ1v) is 7.26. The molecule has 0 spiro atoms. The maximum atomic E-state index is 13.7. The van der Waals surface area contributed by atoms with Gasteiger partial charge in [-0.15, -0.1) is 0 Å². The van der Waals surface area contributed by atoms with Crippen LogP contribution in [0.4, 0.5) is 4.39 Å². The summed E-state index contributed by atoms with van der Waals surface area (Å²) in [6.45, 7) is 1.49. The molecule has 118 valence electrons. The number of benzene rings is 1. The van der Waals surface area contributed by atoms with E-state index in [9.17, 15) is 14.0 Å². The number of carbonyl (C=O) groups is 2. The second kappa shape index (κ2) is 6.51. The molecule has 1 aliphatic rings. The molecular formula is C16H15FN4O2. The molecular weight excluding hydrogens is 299 g/mol. The van der Waals surface area contributed by atoms with Gasteiger partial charge >= 0.3 is 0 Å². The molecule has 0 saturated carbocycles. The molecule has 1 aliphatic heterocycles. The minimum atomic E-state index is -0.532. The van der Waals surface area contributed by atoms with Gasteiger partial charge in [-0.3, -0.25) is 14.6 Å². The van der Waals surface area contributed by atoms with E-state index < -0.39 is 5.82 Å². The highest BCUT2D eigenvalue weighted by atomic mass is 19.1. The minimum absolute atomic E-state index is 0.0567. The van der Waals surface area contributed by atoms with Crippen LogP contribution in [0.25, 0.3) is 0 Å². The lowest BCUT2D eigenvalue weighted by Crippen LogP contribution is -2.50. The largest absolute Gasteiger partial charge is 0.335 e. The number of hydrogen-bond acceptors (Lipinski definition) is 4. The Morgan fingerprint density at radius 2 is 1.61 bits per heavy atom. The lowest BCUT2D eigenvalue weighted by molar-refractivity contribution is 0.0529. The van der Waals surface area contributed by atoms with Crippen LogP contribution in [0.2, 0.25) is 0 Å². The maximum absolute atomic E-state index is 13.7. The van der Waals surface area contributed by atoms with Crippen molar-refractivity contribution in [3.05, 3.63) is 59.9 Å². The first kappa shape index (κ1) is 15.1. The van der Waals surface area contributed by atoms with Gasteiger partial charge in [-0.2, -0.15) is 0 Å². The first-order chi connectivity index (χ1) is 11.2. The van der Waals surface area contributed by atoms with Crippen LogP contribution in [0.15, 0.2) is 42.9 Å². The van der Waals surface area contributed by atoms with Crippen LogP contribution in [-0.4, -0.2) is 57.8 Å². The standard InChI is InChI=1S/C16H15FN4O2/c17-13-4-2-1-3-12(13)15(22)20-7-9-21(10-8-20)16(23)14-11-18-5-6-19-14/h1-6,11H,7-10H2. The van der Waals surface area contributed by atoms with Crippen molar-refractivity contribution in [2.24, 2.45) is 0 Å². The second-order valence-corrected chi connectivity index (χ2v) is 5.15. The number of carbonyl (C=O) groups excluding carboxylic acids is 2. The fourth-order valence-corrected chi connectivity index (χ4v) is 2.49. The van der Waals surface area contributed by atoms with Gasteiger partial charge in [0.15, 0.2) is 0 Å². The van der Waals surface area contributed by atoms with Crippen molar-refractivity contribution in [1.82, 2.24) is 19.8 Å². The summed E-state index contributed by atoms with van der Waals surface area (Å²) in [5.41, 5.74) is 0.336. The number of halogens is 1. The van der Waals surface area contributed by atoms with Crippen molar-refractivity contribution in [3.8, 4) is 0 Å². The zero-order chi connectivity index (χ0) is 16.2. The van der Waals surface area contributed by atoms with Crippen molar-refractivity contribution in [2.45, 2.75) is 0 Å². The molecule has 1 aromatic heterocycles. The zero-order valence-corrected chi connectivity index (χ0v) is 12.4. The van der Waals surface area contributed by atoms with E-state index >= 15 is 0 Å². The Bertz CT molecular complexity index is 715. The summed E-state index contributed by atoms with van der Waals surface area (Å²) in [6.07, 6.45) is 4.38. The van der Waals surface area contributed by atoms with E-state index in [1.54, 1.807) is 21.9 Å². The molecule has 3 rings (SSSR count). The monoisotopic (exact) mass is 314 g/mol. The van der Waals surface area contributed by atoms with Crippen LogP contribution in [0.5, 0.6) is 0 Å². The Labute approximate surface area is 132 Å². The van der Waals surface area contributed by atoms with Crippen molar-refractivity contribution in [3.63, 3.8) is 0 Å². The Kier molecular flexibility index (Phi) is 4.27. The van der Waals surface area contributed by atoms with E-state index in [0.29, 0.717) is 26.2 Å². The summed E-state index contributed by atoms with van der Waals surface area (Å²) in [5, 5.41) is 0. The number of amides is 2. The topological polar surface area (TPSA) is 66.4 Å². The molecule has 2 aromatic rings. The van der Waals surface area contributed by atoms with E-state index in [2.05, 4.69) is 9.97 Å². The molecule has 7 heteroatoms. The number of piperazine rings is 1. The molecule has 0 radical (unpaired) electrons. The molecule has 0 bridgehead atoms. The van der Waals surface area contributed by atoms with Crippen molar-refractivity contribution in [1.29, 1.82) is 0 Å². The highest BCUT2D eigenvalue weighted by molar-refractivity contribution is 5.95. The lowest BCUT2D eigenvalue weighted by Gasteiger charge is -2.34. The third-order valence-electron chi connectivity index (χ3n) is 3.74. The van der Waals surface area contributed by atoms with Gasteiger partial charge in [-0.05, 0) is 12.1 Å². The molecule has 6 nitrogen and oxygen atoms in total. The number of rotatable bonds is 2. The highest BCUT2D eigenvalue weighted by Gasteiger charge is 2.27. The maximum Gasteiger partial charge on any atom is 0.274 e. The van der Waals surface area contributed by atoms with E-state index in [1.807, 2.05) is 0 Å². The van der Waals surface area contributed by atoms with Crippen molar-refractivity contribution in [2.75, 3.05) is 26.2 Å². The van der Waals surface area contributed by atoms with Crippen LogP contribution in [0.1, 0.15) is 20.8 Å². The predicted octanol–water partition coefficient (Wildman–Crippen LogP) is 1.21. The molecule has 0 atom stereocenters. The van der Waals surface area contributed by atoms with Crippen LogP contribution < -0.4 is 0 Å². The SMILES string of the molecule is O=C(c1cnccn1)N1CCN(C(=O)c2ccccc2F)CC1. The lowest BCUT2D eigenvalue weighted by atomic mass is 10.1. The smallest absolute Gasteiger partial charge is 0.274 e. The predicted molar refractivity (Wildman–Crippen MR) is 80.2 cm³/mol. The second-order valence-electron chi connectivity index (χ2n) is 5.15. The van der Waals surface area contributed by atoms with Gasteiger partial charge in [0, 0.05) is 38.6 Å². The van der Waals surface area contributed by atoms with Crippen LogP contribution in [0.3, 0.4) is 0 Å². The molecule has 0 unspecified atom stereocenters. The Hall–Kier alpha value is -2.83. The number of hydrogen-bond donors (Lipinski definition) is 0. The summed E-state index contributed by atoms with van der Waals surface area (Å²) < 4.78 is 13.7. The van der Waals surface area contributed by atoms with Crippen LogP contribution in [0, 0.1) is 5.82 Å². The molecule has 1 fully saturated rings. The zero-order valence-electron chi connectivity index (χ0n) is 12.4. The average Bonchev–Trinajstić information content (AvgIpc) is 2.62. The van der Waals surface area contributed by atoms with E-state index in [4.69, 9.17) is 0 Å². The van der Waals surface area contributed by atoms with Crippen molar-refractivity contribution >= 4 is 11.8 Å².